The van der Waals surface area contributed by atoms with Crippen molar-refractivity contribution in [1.82, 2.24) is 15.1 Å². The van der Waals surface area contributed by atoms with E-state index in [1.807, 2.05) is 42.5 Å². The molecule has 6 nitrogen and oxygen atoms in total. The summed E-state index contributed by atoms with van der Waals surface area (Å²) in [6, 6.07) is 15.7. The molecule has 7 heteroatoms. The molecule has 1 aliphatic rings. The molecule has 0 N–H and O–H groups in total. The Bertz CT molecular complexity index is 920. The predicted molar refractivity (Wildman–Crippen MR) is 110 cm³/mol. The number of para-hydroxylation sites is 1. The Balaban J connectivity index is 1.41. The third-order valence-electron chi connectivity index (χ3n) is 5.19. The van der Waals surface area contributed by atoms with Crippen molar-refractivity contribution in [2.75, 3.05) is 38.2 Å². The van der Waals surface area contributed by atoms with E-state index in [-0.39, 0.29) is 6.04 Å². The number of methoxy groups -OCH3 is 1. The molecule has 0 spiro atoms. The Hall–Kier alpha value is -2.57. The van der Waals surface area contributed by atoms with Gasteiger partial charge in [0.1, 0.15) is 5.75 Å². The molecule has 1 fully saturated rings. The van der Waals surface area contributed by atoms with Crippen molar-refractivity contribution in [3.8, 4) is 17.2 Å². The summed E-state index contributed by atoms with van der Waals surface area (Å²) in [4.78, 5) is 4.68. The zero-order chi connectivity index (χ0) is 19.5. The van der Waals surface area contributed by atoms with E-state index in [0.717, 1.165) is 48.2 Å². The average Bonchev–Trinajstić information content (AvgIpc) is 3.24. The van der Waals surface area contributed by atoms with Crippen LogP contribution in [-0.4, -0.2) is 48.4 Å². The molecule has 28 heavy (non-hydrogen) atoms. The normalized spacial score (nSPS) is 16.2. The molecular weight excluding hydrogens is 376 g/mol. The minimum absolute atomic E-state index is 0.0629. The summed E-state index contributed by atoms with van der Waals surface area (Å²) in [5, 5.41) is 9.29. The first-order valence-electron chi connectivity index (χ1n) is 9.37. The van der Waals surface area contributed by atoms with Crippen LogP contribution in [0.1, 0.15) is 18.9 Å². The van der Waals surface area contributed by atoms with Gasteiger partial charge in [-0.25, -0.2) is 0 Å². The van der Waals surface area contributed by atoms with E-state index in [1.54, 1.807) is 7.11 Å². The fourth-order valence-electron chi connectivity index (χ4n) is 3.47. The van der Waals surface area contributed by atoms with Crippen molar-refractivity contribution >= 4 is 17.3 Å². The molecular formula is C21H23ClN4O2. The molecule has 2 aromatic carbocycles. The second kappa shape index (κ2) is 8.20. The summed E-state index contributed by atoms with van der Waals surface area (Å²) in [5.41, 5.74) is 1.98. The number of hydrogen-bond acceptors (Lipinski definition) is 6. The standard InChI is InChI=1S/C21H23ClN4O2/c1-15(20-23-24-21(28-20)16-7-9-17(27-2)10-8-16)25-11-13-26(14-12-25)19-6-4-3-5-18(19)22/h3-10,15H,11-14H2,1-2H3/t15-/m0/s1. The third kappa shape index (κ3) is 3.84. The van der Waals surface area contributed by atoms with E-state index in [1.165, 1.54) is 0 Å². The van der Waals surface area contributed by atoms with Crippen LogP contribution in [-0.2, 0) is 0 Å². The fraction of sp³-hybridized carbons (Fsp3) is 0.333. The molecule has 0 unspecified atom stereocenters. The maximum Gasteiger partial charge on any atom is 0.247 e. The van der Waals surface area contributed by atoms with Crippen molar-refractivity contribution in [1.29, 1.82) is 0 Å². The number of nitrogens with zero attached hydrogens (tertiary/aromatic N) is 4. The first kappa shape index (κ1) is 18.8. The lowest BCUT2D eigenvalue weighted by molar-refractivity contribution is 0.174. The molecule has 146 valence electrons. The molecule has 2 heterocycles. The number of halogens is 1. The molecule has 0 radical (unpaired) electrons. The van der Waals surface area contributed by atoms with E-state index in [4.69, 9.17) is 20.8 Å². The second-order valence-electron chi connectivity index (χ2n) is 6.82. The van der Waals surface area contributed by atoms with Gasteiger partial charge in [-0.1, -0.05) is 23.7 Å². The Morgan fingerprint density at radius 3 is 2.39 bits per heavy atom. The summed E-state index contributed by atoms with van der Waals surface area (Å²) < 4.78 is 11.1. The van der Waals surface area contributed by atoms with E-state index in [9.17, 15) is 0 Å². The number of aromatic nitrogens is 2. The number of rotatable bonds is 5. The first-order chi connectivity index (χ1) is 13.7. The summed E-state index contributed by atoms with van der Waals surface area (Å²) in [7, 11) is 1.65. The average molecular weight is 399 g/mol. The van der Waals surface area contributed by atoms with Gasteiger partial charge in [-0.2, -0.15) is 0 Å². The van der Waals surface area contributed by atoms with Gasteiger partial charge in [-0.05, 0) is 43.3 Å². The molecule has 0 aliphatic carbocycles. The van der Waals surface area contributed by atoms with Crippen LogP contribution in [0.2, 0.25) is 5.02 Å². The first-order valence-corrected chi connectivity index (χ1v) is 9.75. The van der Waals surface area contributed by atoms with Crippen LogP contribution in [0.4, 0.5) is 5.69 Å². The van der Waals surface area contributed by atoms with Crippen molar-refractivity contribution in [2.24, 2.45) is 0 Å². The van der Waals surface area contributed by atoms with Gasteiger partial charge < -0.3 is 14.1 Å². The summed E-state index contributed by atoms with van der Waals surface area (Å²) in [6.45, 7) is 5.75. The zero-order valence-electron chi connectivity index (χ0n) is 16.0. The van der Waals surface area contributed by atoms with Gasteiger partial charge >= 0.3 is 0 Å². The van der Waals surface area contributed by atoms with Gasteiger partial charge in [0.05, 0.1) is 23.9 Å². The van der Waals surface area contributed by atoms with Gasteiger partial charge in [0, 0.05) is 31.7 Å². The minimum atomic E-state index is 0.0629. The molecule has 4 rings (SSSR count). The lowest BCUT2D eigenvalue weighted by Gasteiger charge is -2.38. The Morgan fingerprint density at radius 1 is 1.00 bits per heavy atom. The van der Waals surface area contributed by atoms with Crippen LogP contribution < -0.4 is 9.64 Å². The highest BCUT2D eigenvalue weighted by atomic mass is 35.5. The number of ether oxygens (including phenoxy) is 1. The van der Waals surface area contributed by atoms with Crippen molar-refractivity contribution in [2.45, 2.75) is 13.0 Å². The molecule has 1 saturated heterocycles. The van der Waals surface area contributed by atoms with Crippen LogP contribution in [0.25, 0.3) is 11.5 Å². The molecule has 0 saturated carbocycles. The quantitative estimate of drug-likeness (QED) is 0.639. The van der Waals surface area contributed by atoms with E-state index in [2.05, 4.69) is 33.0 Å². The van der Waals surface area contributed by atoms with Gasteiger partial charge in [-0.15, -0.1) is 10.2 Å². The number of benzene rings is 2. The maximum absolute atomic E-state index is 6.34. The van der Waals surface area contributed by atoms with Crippen LogP contribution in [0.3, 0.4) is 0 Å². The van der Waals surface area contributed by atoms with Crippen LogP contribution in [0.5, 0.6) is 5.75 Å². The molecule has 0 amide bonds. The van der Waals surface area contributed by atoms with E-state index in [0.29, 0.717) is 11.8 Å². The number of anilines is 1. The second-order valence-corrected chi connectivity index (χ2v) is 7.23. The molecule has 1 aromatic heterocycles. The number of hydrogen-bond donors (Lipinski definition) is 0. The zero-order valence-corrected chi connectivity index (χ0v) is 16.8. The van der Waals surface area contributed by atoms with Gasteiger partial charge in [0.15, 0.2) is 0 Å². The SMILES string of the molecule is COc1ccc(-c2nnc([C@H](C)N3CCN(c4ccccc4Cl)CC3)o2)cc1. The van der Waals surface area contributed by atoms with Gasteiger partial charge in [0.2, 0.25) is 11.8 Å². The molecule has 3 aromatic rings. The highest BCUT2D eigenvalue weighted by Crippen LogP contribution is 2.29. The Labute approximate surface area is 169 Å². The van der Waals surface area contributed by atoms with Crippen molar-refractivity contribution in [3.63, 3.8) is 0 Å². The third-order valence-corrected chi connectivity index (χ3v) is 5.51. The number of piperazine rings is 1. The molecule has 1 atom stereocenters. The van der Waals surface area contributed by atoms with E-state index < -0.39 is 0 Å². The molecule has 1 aliphatic heterocycles. The fourth-order valence-corrected chi connectivity index (χ4v) is 3.72. The highest BCUT2D eigenvalue weighted by Gasteiger charge is 2.26. The topological polar surface area (TPSA) is 54.6 Å². The lowest BCUT2D eigenvalue weighted by atomic mass is 10.2. The smallest absolute Gasteiger partial charge is 0.247 e. The van der Waals surface area contributed by atoms with Crippen molar-refractivity contribution < 1.29 is 9.15 Å². The minimum Gasteiger partial charge on any atom is -0.497 e. The lowest BCUT2D eigenvalue weighted by Crippen LogP contribution is -2.47. The predicted octanol–water partition coefficient (Wildman–Crippen LogP) is 4.28. The van der Waals surface area contributed by atoms with Gasteiger partial charge in [0.25, 0.3) is 0 Å². The molecule has 0 bridgehead atoms. The van der Waals surface area contributed by atoms with Gasteiger partial charge in [-0.3, -0.25) is 4.90 Å². The summed E-state index contributed by atoms with van der Waals surface area (Å²) in [5.74, 6) is 1.96. The Morgan fingerprint density at radius 2 is 1.71 bits per heavy atom. The van der Waals surface area contributed by atoms with Crippen LogP contribution in [0.15, 0.2) is 52.9 Å². The highest BCUT2D eigenvalue weighted by molar-refractivity contribution is 6.33. The largest absolute Gasteiger partial charge is 0.497 e. The Kier molecular flexibility index (Phi) is 5.50. The van der Waals surface area contributed by atoms with Crippen molar-refractivity contribution in [3.05, 3.63) is 59.4 Å². The monoisotopic (exact) mass is 398 g/mol. The maximum atomic E-state index is 6.34. The summed E-state index contributed by atoms with van der Waals surface area (Å²) in [6.07, 6.45) is 0. The van der Waals surface area contributed by atoms with E-state index >= 15 is 0 Å². The summed E-state index contributed by atoms with van der Waals surface area (Å²) >= 11 is 6.34. The van der Waals surface area contributed by atoms with Crippen LogP contribution in [0, 0.1) is 0 Å². The van der Waals surface area contributed by atoms with Crippen LogP contribution >= 0.6 is 11.6 Å².